The molecule has 2 fully saturated rings. The lowest BCUT2D eigenvalue weighted by atomic mass is 9.94. The number of fused-ring (bicyclic) bond motifs is 1. The molecule has 3 aliphatic carbocycles. The second-order valence-corrected chi connectivity index (χ2v) is 7.86. The average Bonchev–Trinajstić information content (AvgIpc) is 3.37. The third-order valence-electron chi connectivity index (χ3n) is 6.29. The normalized spacial score (nSPS) is 27.9. The molecule has 140 valence electrons. The summed E-state index contributed by atoms with van der Waals surface area (Å²) in [5.74, 6) is 2.72. The van der Waals surface area contributed by atoms with Gasteiger partial charge in [0.2, 0.25) is 0 Å². The molecule has 2 saturated carbocycles. The Morgan fingerprint density at radius 2 is 2.00 bits per heavy atom. The van der Waals surface area contributed by atoms with Gasteiger partial charge in [0.05, 0.1) is 13.2 Å². The Morgan fingerprint density at radius 1 is 1.19 bits per heavy atom. The number of hydroxylamine groups is 1. The highest BCUT2D eigenvalue weighted by atomic mass is 16.5. The molecule has 0 saturated heterocycles. The predicted molar refractivity (Wildman–Crippen MR) is 97.5 cm³/mol. The summed E-state index contributed by atoms with van der Waals surface area (Å²) < 4.78 is 11.7. The molecule has 5 nitrogen and oxygen atoms in total. The van der Waals surface area contributed by atoms with E-state index in [-0.39, 0.29) is 5.91 Å². The van der Waals surface area contributed by atoms with Crippen LogP contribution in [-0.2, 0) is 4.79 Å². The van der Waals surface area contributed by atoms with Gasteiger partial charge in [0, 0.05) is 5.57 Å². The summed E-state index contributed by atoms with van der Waals surface area (Å²) in [6.07, 6.45) is 9.97. The van der Waals surface area contributed by atoms with E-state index < -0.39 is 0 Å². The molecular formula is C21H27NO4. The van der Waals surface area contributed by atoms with Crippen molar-refractivity contribution in [2.75, 3.05) is 7.11 Å². The molecule has 1 amide bonds. The Morgan fingerprint density at radius 3 is 2.69 bits per heavy atom. The molecule has 3 atom stereocenters. The predicted octanol–water partition coefficient (Wildman–Crippen LogP) is 3.96. The van der Waals surface area contributed by atoms with Crippen molar-refractivity contribution in [1.82, 2.24) is 5.48 Å². The quantitative estimate of drug-likeness (QED) is 0.618. The first-order valence-electron chi connectivity index (χ1n) is 9.67. The number of methoxy groups -OCH3 is 1. The van der Waals surface area contributed by atoms with Crippen molar-refractivity contribution in [3.05, 3.63) is 35.4 Å². The fourth-order valence-electron chi connectivity index (χ4n) is 4.94. The lowest BCUT2D eigenvalue weighted by Crippen LogP contribution is -2.20. The summed E-state index contributed by atoms with van der Waals surface area (Å²) >= 11 is 0. The van der Waals surface area contributed by atoms with Gasteiger partial charge in [0.15, 0.2) is 11.5 Å². The van der Waals surface area contributed by atoms with Gasteiger partial charge in [-0.05, 0) is 80.4 Å². The molecule has 0 spiro atoms. The highest BCUT2D eigenvalue weighted by molar-refractivity contribution is 5.93. The number of benzene rings is 1. The Balaban J connectivity index is 1.48. The van der Waals surface area contributed by atoms with Crippen LogP contribution in [0.25, 0.3) is 0 Å². The SMILES string of the molecule is COc1ccc([C@H]2C[C@H]3CC(C(=O)NO)=C[C@H]3C2)cc1OC1CCCC1. The second kappa shape index (κ2) is 7.31. The third kappa shape index (κ3) is 3.32. The van der Waals surface area contributed by atoms with Crippen molar-refractivity contribution in [1.29, 1.82) is 0 Å². The Kier molecular flexibility index (Phi) is 4.90. The van der Waals surface area contributed by atoms with Gasteiger partial charge in [-0.2, -0.15) is 0 Å². The van der Waals surface area contributed by atoms with E-state index in [4.69, 9.17) is 14.7 Å². The summed E-state index contributed by atoms with van der Waals surface area (Å²) in [4.78, 5) is 11.6. The summed E-state index contributed by atoms with van der Waals surface area (Å²) in [7, 11) is 1.69. The Labute approximate surface area is 154 Å². The van der Waals surface area contributed by atoms with Crippen LogP contribution in [0, 0.1) is 11.8 Å². The lowest BCUT2D eigenvalue weighted by Gasteiger charge is -2.19. The van der Waals surface area contributed by atoms with Gasteiger partial charge < -0.3 is 9.47 Å². The molecule has 0 heterocycles. The van der Waals surface area contributed by atoms with Gasteiger partial charge in [-0.25, -0.2) is 5.48 Å². The zero-order valence-corrected chi connectivity index (χ0v) is 15.2. The van der Waals surface area contributed by atoms with Gasteiger partial charge in [-0.15, -0.1) is 0 Å². The van der Waals surface area contributed by atoms with E-state index in [9.17, 15) is 4.79 Å². The van der Waals surface area contributed by atoms with Gasteiger partial charge in [0.25, 0.3) is 5.91 Å². The van der Waals surface area contributed by atoms with Crippen molar-refractivity contribution in [2.45, 2.75) is 57.0 Å². The molecule has 4 rings (SSSR count). The minimum absolute atomic E-state index is 0.310. The molecule has 0 radical (unpaired) electrons. The van der Waals surface area contributed by atoms with Crippen LogP contribution in [0.2, 0.25) is 0 Å². The van der Waals surface area contributed by atoms with Gasteiger partial charge in [0.1, 0.15) is 0 Å². The first-order chi connectivity index (χ1) is 12.7. The van der Waals surface area contributed by atoms with Crippen molar-refractivity contribution >= 4 is 5.91 Å². The van der Waals surface area contributed by atoms with E-state index in [2.05, 4.69) is 18.2 Å². The average molecular weight is 357 g/mol. The maximum absolute atomic E-state index is 11.6. The molecule has 26 heavy (non-hydrogen) atoms. The van der Waals surface area contributed by atoms with Crippen molar-refractivity contribution in [3.8, 4) is 11.5 Å². The van der Waals surface area contributed by atoms with Crippen LogP contribution >= 0.6 is 0 Å². The second-order valence-electron chi connectivity index (χ2n) is 7.86. The van der Waals surface area contributed by atoms with E-state index >= 15 is 0 Å². The number of amides is 1. The van der Waals surface area contributed by atoms with Crippen molar-refractivity contribution in [3.63, 3.8) is 0 Å². The van der Waals surface area contributed by atoms with Crippen LogP contribution in [0.5, 0.6) is 11.5 Å². The minimum Gasteiger partial charge on any atom is -0.493 e. The topological polar surface area (TPSA) is 67.8 Å². The van der Waals surface area contributed by atoms with Crippen LogP contribution in [0.3, 0.4) is 0 Å². The van der Waals surface area contributed by atoms with Gasteiger partial charge >= 0.3 is 0 Å². The number of carbonyl (C=O) groups excluding carboxylic acids is 1. The maximum atomic E-state index is 11.6. The van der Waals surface area contributed by atoms with E-state index in [0.29, 0.717) is 23.9 Å². The summed E-state index contributed by atoms with van der Waals surface area (Å²) in [5, 5.41) is 8.82. The van der Waals surface area contributed by atoms with E-state index in [1.54, 1.807) is 12.6 Å². The van der Waals surface area contributed by atoms with Crippen LogP contribution in [0.15, 0.2) is 29.8 Å². The molecule has 1 aromatic rings. The largest absolute Gasteiger partial charge is 0.493 e. The van der Waals surface area contributed by atoms with E-state index in [0.717, 1.165) is 49.2 Å². The molecule has 0 unspecified atom stereocenters. The molecule has 1 aromatic carbocycles. The molecule has 5 heteroatoms. The number of nitrogens with one attached hydrogen (secondary N) is 1. The summed E-state index contributed by atoms with van der Waals surface area (Å²) in [6, 6.07) is 6.33. The number of allylic oxidation sites excluding steroid dienone is 1. The molecule has 3 aliphatic rings. The molecule has 0 aromatic heterocycles. The standard InChI is InChI=1S/C21H27NO4/c1-25-19-7-6-13(12-20(19)26-18-4-2-3-5-18)14-8-15-10-17(21(23)22-24)11-16(15)9-14/h6-7,10,12,14-16,18,24H,2-5,8-9,11H2,1H3,(H,22,23)/t14-,15-,16+/m1/s1. The highest BCUT2D eigenvalue weighted by Gasteiger charge is 2.39. The van der Waals surface area contributed by atoms with Gasteiger partial charge in [-0.3, -0.25) is 10.0 Å². The Bertz CT molecular complexity index is 708. The summed E-state index contributed by atoms with van der Waals surface area (Å²) in [6.45, 7) is 0. The summed E-state index contributed by atoms with van der Waals surface area (Å²) in [5.41, 5.74) is 3.78. The van der Waals surface area contributed by atoms with Crippen LogP contribution in [0.4, 0.5) is 0 Å². The Hall–Kier alpha value is -2.01. The highest BCUT2D eigenvalue weighted by Crippen LogP contribution is 2.50. The number of ether oxygens (including phenoxy) is 2. The third-order valence-corrected chi connectivity index (χ3v) is 6.29. The molecule has 0 aliphatic heterocycles. The number of hydrogen-bond acceptors (Lipinski definition) is 4. The molecule has 2 N–H and O–H groups in total. The monoisotopic (exact) mass is 357 g/mol. The smallest absolute Gasteiger partial charge is 0.270 e. The van der Waals surface area contributed by atoms with E-state index in [1.807, 2.05) is 6.07 Å². The first kappa shape index (κ1) is 17.4. The first-order valence-corrected chi connectivity index (χ1v) is 9.67. The fourth-order valence-corrected chi connectivity index (χ4v) is 4.94. The fraction of sp³-hybridized carbons (Fsp3) is 0.571. The van der Waals surface area contributed by atoms with Gasteiger partial charge in [-0.1, -0.05) is 12.1 Å². The lowest BCUT2D eigenvalue weighted by molar-refractivity contribution is -0.125. The minimum atomic E-state index is -0.354. The maximum Gasteiger partial charge on any atom is 0.270 e. The zero-order chi connectivity index (χ0) is 18.1. The molecule has 0 bridgehead atoms. The van der Waals surface area contributed by atoms with Crippen molar-refractivity contribution in [2.24, 2.45) is 11.8 Å². The number of carbonyl (C=O) groups is 1. The van der Waals surface area contributed by atoms with Crippen LogP contribution in [0.1, 0.15) is 56.4 Å². The van der Waals surface area contributed by atoms with Crippen LogP contribution < -0.4 is 15.0 Å². The van der Waals surface area contributed by atoms with Crippen molar-refractivity contribution < 1.29 is 19.5 Å². The van der Waals surface area contributed by atoms with E-state index in [1.165, 1.54) is 18.4 Å². The van der Waals surface area contributed by atoms with Crippen LogP contribution in [-0.4, -0.2) is 24.3 Å². The molecular weight excluding hydrogens is 330 g/mol. The number of rotatable bonds is 5. The zero-order valence-electron chi connectivity index (χ0n) is 15.2. The number of hydrogen-bond donors (Lipinski definition) is 2.